The predicted molar refractivity (Wildman–Crippen MR) is 158 cm³/mol. The summed E-state index contributed by atoms with van der Waals surface area (Å²) in [5.41, 5.74) is 0.669. The largest absolute Gasteiger partial charge is 0.417 e. The van der Waals surface area contributed by atoms with Crippen molar-refractivity contribution in [2.45, 2.75) is 32.2 Å². The number of hydrogen-bond donors (Lipinski definition) is 3. The highest BCUT2D eigenvalue weighted by molar-refractivity contribution is 7.52. The fourth-order valence-electron chi connectivity index (χ4n) is 4.48. The maximum absolute atomic E-state index is 13.6. The molecule has 15 heteroatoms. The topological polar surface area (TPSA) is 173 Å². The molecule has 2 amide bonds. The van der Waals surface area contributed by atoms with Crippen LogP contribution in [0.1, 0.15) is 36.7 Å². The van der Waals surface area contributed by atoms with Gasteiger partial charge in [0.2, 0.25) is 0 Å². The highest BCUT2D eigenvalue weighted by Gasteiger charge is 2.32. The normalized spacial score (nSPS) is 17.5. The molecular weight excluding hydrogens is 579 g/mol. The van der Waals surface area contributed by atoms with Gasteiger partial charge in [-0.05, 0) is 12.8 Å². The van der Waals surface area contributed by atoms with Crippen molar-refractivity contribution < 1.29 is 37.8 Å². The van der Waals surface area contributed by atoms with Gasteiger partial charge in [0.05, 0.1) is 26.0 Å². The number of anilines is 1. The molecule has 43 heavy (non-hydrogen) atoms. The molecule has 0 radical (unpaired) electrons. The summed E-state index contributed by atoms with van der Waals surface area (Å²) in [7, 11) is -4.07. The zero-order valence-corrected chi connectivity index (χ0v) is 25.2. The Kier molecular flexibility index (Phi) is 12.0. The second-order valence-electron chi connectivity index (χ2n) is 10.2. The number of hydrogen-bond acceptors (Lipinski definition) is 11. The number of morpholine rings is 1. The molecule has 2 aromatic rings. The smallest absolute Gasteiger partial charge is 0.378 e. The Morgan fingerprint density at radius 1 is 1.12 bits per heavy atom. The summed E-state index contributed by atoms with van der Waals surface area (Å²) in [4.78, 5) is 62.2. The van der Waals surface area contributed by atoms with Crippen LogP contribution >= 0.6 is 7.60 Å². The average molecular weight is 619 g/mol. The van der Waals surface area contributed by atoms with Crippen LogP contribution in [0.15, 0.2) is 36.4 Å². The zero-order valence-electron chi connectivity index (χ0n) is 24.3. The van der Waals surface area contributed by atoms with E-state index in [9.17, 15) is 23.8 Å². The summed E-state index contributed by atoms with van der Waals surface area (Å²) in [5, 5.41) is 5.68. The van der Waals surface area contributed by atoms with E-state index in [0.717, 1.165) is 6.42 Å². The van der Waals surface area contributed by atoms with Gasteiger partial charge in [-0.3, -0.25) is 9.36 Å². The van der Waals surface area contributed by atoms with Gasteiger partial charge in [-0.15, -0.1) is 0 Å². The Hall–Kier alpha value is -3.42. The molecule has 0 spiro atoms. The first-order valence-corrected chi connectivity index (χ1v) is 16.3. The Morgan fingerprint density at radius 2 is 1.84 bits per heavy atom. The van der Waals surface area contributed by atoms with E-state index >= 15 is 0 Å². The fraction of sp³-hybridized carbons (Fsp3) is 0.536. The Balaban J connectivity index is 1.56. The highest BCUT2D eigenvalue weighted by Crippen LogP contribution is 2.43. The fourth-order valence-corrected chi connectivity index (χ4v) is 5.61. The number of esters is 1. The molecule has 0 aliphatic carbocycles. The lowest BCUT2D eigenvalue weighted by atomic mass is 10.2. The second kappa shape index (κ2) is 15.9. The van der Waals surface area contributed by atoms with Crippen molar-refractivity contribution in [2.24, 2.45) is 0 Å². The number of amides is 2. The van der Waals surface area contributed by atoms with Crippen LogP contribution in [0.2, 0.25) is 0 Å². The summed E-state index contributed by atoms with van der Waals surface area (Å²) in [6.45, 7) is 5.96. The molecule has 3 heterocycles. The lowest BCUT2D eigenvalue weighted by Gasteiger charge is -2.28. The van der Waals surface area contributed by atoms with E-state index in [1.54, 1.807) is 0 Å². The van der Waals surface area contributed by atoms with Crippen LogP contribution in [0, 0.1) is 0 Å². The molecule has 2 atom stereocenters. The molecule has 2 aliphatic rings. The molecule has 1 aromatic carbocycles. The molecule has 2 fully saturated rings. The Labute approximate surface area is 250 Å². The van der Waals surface area contributed by atoms with Crippen LogP contribution in [-0.2, 0) is 23.4 Å². The molecule has 14 nitrogen and oxygen atoms in total. The number of carbonyl (C=O) groups is 3. The van der Waals surface area contributed by atoms with Crippen LogP contribution in [-0.4, -0.2) is 109 Å². The van der Waals surface area contributed by atoms with Crippen molar-refractivity contribution in [3.05, 3.63) is 42.1 Å². The van der Waals surface area contributed by atoms with E-state index in [0.29, 0.717) is 76.1 Å². The van der Waals surface area contributed by atoms with Crippen LogP contribution < -0.4 is 15.5 Å². The van der Waals surface area contributed by atoms with E-state index in [-0.39, 0.29) is 18.7 Å². The highest BCUT2D eigenvalue weighted by atomic mass is 31.2. The quantitative estimate of drug-likeness (QED) is 0.137. The molecule has 4 rings (SSSR count). The standard InChI is InChI=1S/C28H39N6O8P/c1-2-3-16-41-43(38,39)19-9-22(27(36)42-28(37)34-12-10-29-11-13-34)31-26(35)23-20-24(33-14-17-40-18-15-33)32-25(30-23)21-7-5-4-6-8-21/h4-8,20,22,29H,2-3,9-19H2,1H3,(H,31,35)(H,38,39). The van der Waals surface area contributed by atoms with Gasteiger partial charge >= 0.3 is 19.7 Å². The van der Waals surface area contributed by atoms with Gasteiger partial charge in [-0.2, -0.15) is 0 Å². The van der Waals surface area contributed by atoms with Gasteiger partial charge in [-0.25, -0.2) is 19.6 Å². The van der Waals surface area contributed by atoms with Crippen LogP contribution in [0.4, 0.5) is 10.6 Å². The molecule has 3 N–H and O–H groups in total. The number of rotatable bonds is 12. The minimum atomic E-state index is -4.07. The van der Waals surface area contributed by atoms with E-state index in [1.165, 1.54) is 11.0 Å². The van der Waals surface area contributed by atoms with Crippen LogP contribution in [0.25, 0.3) is 11.4 Å². The molecule has 0 saturated carbocycles. The number of benzene rings is 1. The van der Waals surface area contributed by atoms with Crippen LogP contribution in [0.5, 0.6) is 0 Å². The predicted octanol–water partition coefficient (Wildman–Crippen LogP) is 2.04. The summed E-state index contributed by atoms with van der Waals surface area (Å²) < 4.78 is 28.3. The number of nitrogens with one attached hydrogen (secondary N) is 2. The summed E-state index contributed by atoms with van der Waals surface area (Å²) in [5.74, 6) is -0.951. The number of aromatic nitrogens is 2. The van der Waals surface area contributed by atoms with Crippen molar-refractivity contribution in [1.82, 2.24) is 25.5 Å². The van der Waals surface area contributed by atoms with Gasteiger partial charge in [0.15, 0.2) is 5.82 Å². The zero-order chi connectivity index (χ0) is 30.7. The first-order valence-electron chi connectivity index (χ1n) is 14.5. The van der Waals surface area contributed by atoms with Gasteiger partial charge in [-0.1, -0.05) is 43.7 Å². The third-order valence-electron chi connectivity index (χ3n) is 6.96. The van der Waals surface area contributed by atoms with Crippen molar-refractivity contribution in [3.8, 4) is 11.4 Å². The number of carbonyl (C=O) groups excluding carboxylic acids is 3. The van der Waals surface area contributed by atoms with Gasteiger partial charge < -0.3 is 39.3 Å². The number of unbranched alkanes of at least 4 members (excludes halogenated alkanes) is 1. The average Bonchev–Trinajstić information content (AvgIpc) is 3.04. The molecule has 2 saturated heterocycles. The van der Waals surface area contributed by atoms with Crippen molar-refractivity contribution in [2.75, 3.05) is 70.2 Å². The summed E-state index contributed by atoms with van der Waals surface area (Å²) in [6, 6.07) is 9.25. The van der Waals surface area contributed by atoms with E-state index in [2.05, 4.69) is 20.6 Å². The lowest BCUT2D eigenvalue weighted by molar-refractivity contribution is -0.140. The maximum atomic E-state index is 13.6. The third kappa shape index (κ3) is 9.80. The molecule has 2 aliphatic heterocycles. The maximum Gasteiger partial charge on any atom is 0.417 e. The number of nitrogens with zero attached hydrogens (tertiary/aromatic N) is 4. The first kappa shape index (κ1) is 32.5. The van der Waals surface area contributed by atoms with Crippen LogP contribution in [0.3, 0.4) is 0 Å². The Bertz CT molecular complexity index is 1290. The van der Waals surface area contributed by atoms with Gasteiger partial charge in [0.1, 0.15) is 17.6 Å². The van der Waals surface area contributed by atoms with E-state index in [4.69, 9.17) is 14.0 Å². The van der Waals surface area contributed by atoms with E-state index < -0.39 is 37.8 Å². The number of piperazine rings is 1. The molecule has 234 valence electrons. The van der Waals surface area contributed by atoms with Crippen molar-refractivity contribution >= 4 is 31.4 Å². The third-order valence-corrected chi connectivity index (χ3v) is 8.37. The Morgan fingerprint density at radius 3 is 2.53 bits per heavy atom. The van der Waals surface area contributed by atoms with Gasteiger partial charge in [0.25, 0.3) is 5.91 Å². The molecule has 0 bridgehead atoms. The second-order valence-corrected chi connectivity index (χ2v) is 12.2. The van der Waals surface area contributed by atoms with Crippen molar-refractivity contribution in [3.63, 3.8) is 0 Å². The molecule has 1 aromatic heterocycles. The SMILES string of the molecule is CCCCOP(=O)(O)CCC(NC(=O)c1cc(N2CCOCC2)nc(-c2ccccc2)n1)C(=O)OC(=O)N1CCNCC1. The summed E-state index contributed by atoms with van der Waals surface area (Å²) >= 11 is 0. The summed E-state index contributed by atoms with van der Waals surface area (Å²) in [6.07, 6.45) is -0.215. The van der Waals surface area contributed by atoms with Gasteiger partial charge in [0, 0.05) is 50.9 Å². The molecule has 2 unspecified atom stereocenters. The minimum Gasteiger partial charge on any atom is -0.378 e. The minimum absolute atomic E-state index is 0.0204. The molecular formula is C28H39N6O8P. The first-order chi connectivity index (χ1) is 20.8. The lowest BCUT2D eigenvalue weighted by Crippen LogP contribution is -2.49. The number of ether oxygens (including phenoxy) is 2. The van der Waals surface area contributed by atoms with Crippen molar-refractivity contribution in [1.29, 1.82) is 0 Å². The van der Waals surface area contributed by atoms with E-state index in [1.807, 2.05) is 42.2 Å². The monoisotopic (exact) mass is 618 g/mol.